The van der Waals surface area contributed by atoms with Gasteiger partial charge in [0.05, 0.1) is 16.7 Å². The van der Waals surface area contributed by atoms with Gasteiger partial charge in [-0.3, -0.25) is 14.2 Å². The zero-order valence-corrected chi connectivity index (χ0v) is 15.4. The van der Waals surface area contributed by atoms with Crippen LogP contribution in [0.15, 0.2) is 34.2 Å². The lowest BCUT2D eigenvalue weighted by Gasteiger charge is -2.26. The van der Waals surface area contributed by atoms with Crippen LogP contribution in [0.5, 0.6) is 0 Å². The second kappa shape index (κ2) is 8.33. The first-order valence-electron chi connectivity index (χ1n) is 8.83. The van der Waals surface area contributed by atoms with Gasteiger partial charge in [0, 0.05) is 6.04 Å². The van der Waals surface area contributed by atoms with E-state index in [4.69, 9.17) is 0 Å². The predicted molar refractivity (Wildman–Crippen MR) is 97.9 cm³/mol. The van der Waals surface area contributed by atoms with Crippen LogP contribution in [-0.2, 0) is 4.79 Å². The largest absolute Gasteiger partial charge is 0.405 e. The van der Waals surface area contributed by atoms with Gasteiger partial charge < -0.3 is 5.32 Å². The van der Waals surface area contributed by atoms with E-state index in [0.29, 0.717) is 16.1 Å². The van der Waals surface area contributed by atoms with Gasteiger partial charge in [0.15, 0.2) is 5.16 Å². The minimum absolute atomic E-state index is 0.00379. The molecular formula is C18H20F3N3O2S. The lowest BCUT2D eigenvalue weighted by molar-refractivity contribution is -0.136. The predicted octanol–water partition coefficient (Wildman–Crippen LogP) is 3.67. The fraction of sp³-hybridized carbons (Fsp3) is 0.500. The van der Waals surface area contributed by atoms with E-state index in [1.165, 1.54) is 0 Å². The molecule has 1 saturated carbocycles. The number of rotatable bonds is 5. The molecule has 9 heteroatoms. The molecule has 1 fully saturated rings. The Morgan fingerprint density at radius 1 is 1.22 bits per heavy atom. The molecule has 0 radical (unpaired) electrons. The molecule has 1 amide bonds. The maximum Gasteiger partial charge on any atom is 0.405 e. The highest BCUT2D eigenvalue weighted by Gasteiger charge is 2.28. The molecule has 1 aliphatic carbocycles. The molecule has 146 valence electrons. The third kappa shape index (κ3) is 5.03. The van der Waals surface area contributed by atoms with Gasteiger partial charge in [-0.2, -0.15) is 13.2 Å². The molecule has 5 nitrogen and oxygen atoms in total. The summed E-state index contributed by atoms with van der Waals surface area (Å²) < 4.78 is 38.3. The summed E-state index contributed by atoms with van der Waals surface area (Å²) in [6, 6.07) is 6.98. The number of carbonyl (C=O) groups excluding carboxylic acids is 1. The fourth-order valence-electron chi connectivity index (χ4n) is 3.27. The number of thioether (sulfide) groups is 1. The van der Waals surface area contributed by atoms with Crippen molar-refractivity contribution in [3.8, 4) is 0 Å². The van der Waals surface area contributed by atoms with Crippen molar-refractivity contribution in [3.63, 3.8) is 0 Å². The lowest BCUT2D eigenvalue weighted by atomic mass is 9.95. The highest BCUT2D eigenvalue weighted by atomic mass is 32.2. The molecule has 1 heterocycles. The quantitative estimate of drug-likeness (QED) is 0.616. The summed E-state index contributed by atoms with van der Waals surface area (Å²) in [4.78, 5) is 29.3. The average molecular weight is 399 g/mol. The second-order valence-electron chi connectivity index (χ2n) is 6.56. The summed E-state index contributed by atoms with van der Waals surface area (Å²) in [6.45, 7) is -1.37. The van der Waals surface area contributed by atoms with Gasteiger partial charge in [-0.1, -0.05) is 43.2 Å². The first kappa shape index (κ1) is 19.7. The summed E-state index contributed by atoms with van der Waals surface area (Å²) >= 11 is 1.00. The van der Waals surface area contributed by atoms with E-state index in [9.17, 15) is 22.8 Å². The van der Waals surface area contributed by atoms with Crippen molar-refractivity contribution in [2.45, 2.75) is 49.5 Å². The number of fused-ring (bicyclic) bond motifs is 1. The molecule has 0 spiro atoms. The van der Waals surface area contributed by atoms with E-state index in [1.807, 2.05) is 5.32 Å². The number of benzene rings is 1. The molecule has 0 atom stereocenters. The van der Waals surface area contributed by atoms with Crippen molar-refractivity contribution in [2.75, 3.05) is 12.3 Å². The number of halogens is 3. The molecule has 1 N–H and O–H groups in total. The van der Waals surface area contributed by atoms with Crippen LogP contribution >= 0.6 is 11.8 Å². The van der Waals surface area contributed by atoms with E-state index in [0.717, 1.165) is 43.9 Å². The number of para-hydroxylation sites is 1. The van der Waals surface area contributed by atoms with Crippen molar-refractivity contribution in [2.24, 2.45) is 0 Å². The number of nitrogens with one attached hydrogen (secondary N) is 1. The van der Waals surface area contributed by atoms with Crippen LogP contribution in [-0.4, -0.2) is 33.9 Å². The van der Waals surface area contributed by atoms with Gasteiger partial charge in [-0.05, 0) is 25.0 Å². The van der Waals surface area contributed by atoms with Gasteiger partial charge in [0.25, 0.3) is 5.56 Å². The number of nitrogens with zero attached hydrogens (tertiary/aromatic N) is 2. The van der Waals surface area contributed by atoms with Gasteiger partial charge in [0.2, 0.25) is 5.91 Å². The third-order valence-electron chi connectivity index (χ3n) is 4.53. The Morgan fingerprint density at radius 2 is 1.93 bits per heavy atom. The van der Waals surface area contributed by atoms with Crippen molar-refractivity contribution < 1.29 is 18.0 Å². The van der Waals surface area contributed by atoms with Crippen molar-refractivity contribution in [1.82, 2.24) is 14.9 Å². The zero-order valence-electron chi connectivity index (χ0n) is 14.6. The van der Waals surface area contributed by atoms with Crippen LogP contribution in [0, 0.1) is 0 Å². The first-order valence-corrected chi connectivity index (χ1v) is 9.81. The maximum atomic E-state index is 13.0. The molecule has 1 aliphatic rings. The normalized spacial score (nSPS) is 15.8. The molecule has 3 rings (SSSR count). The molecule has 0 aliphatic heterocycles. The molecule has 27 heavy (non-hydrogen) atoms. The minimum Gasteiger partial charge on any atom is -0.346 e. The SMILES string of the molecule is O=C(CSc1nc2ccccc2c(=O)n1C1CCCCC1)NCC(F)(F)F. The maximum absolute atomic E-state index is 13.0. The summed E-state index contributed by atoms with van der Waals surface area (Å²) in [5, 5.41) is 2.73. The molecule has 1 aromatic carbocycles. The smallest absolute Gasteiger partial charge is 0.346 e. The van der Waals surface area contributed by atoms with E-state index in [1.54, 1.807) is 28.8 Å². The van der Waals surface area contributed by atoms with Crippen molar-refractivity contribution in [3.05, 3.63) is 34.6 Å². The minimum atomic E-state index is -4.45. The van der Waals surface area contributed by atoms with Crippen LogP contribution in [0.1, 0.15) is 38.1 Å². The zero-order chi connectivity index (χ0) is 19.4. The highest BCUT2D eigenvalue weighted by Crippen LogP contribution is 2.31. The lowest BCUT2D eigenvalue weighted by Crippen LogP contribution is -2.35. The number of hydrogen-bond donors (Lipinski definition) is 1. The number of alkyl halides is 3. The summed E-state index contributed by atoms with van der Waals surface area (Å²) in [5.41, 5.74) is 0.360. The van der Waals surface area contributed by atoms with E-state index in [-0.39, 0.29) is 17.4 Å². The first-order chi connectivity index (χ1) is 12.8. The van der Waals surface area contributed by atoms with E-state index < -0.39 is 18.6 Å². The summed E-state index contributed by atoms with van der Waals surface area (Å²) in [7, 11) is 0. The Balaban J connectivity index is 1.86. The van der Waals surface area contributed by atoms with Crippen LogP contribution in [0.4, 0.5) is 13.2 Å². The van der Waals surface area contributed by atoms with Crippen LogP contribution in [0.3, 0.4) is 0 Å². The second-order valence-corrected chi connectivity index (χ2v) is 7.50. The number of hydrogen-bond acceptors (Lipinski definition) is 4. The van der Waals surface area contributed by atoms with Crippen LogP contribution in [0.25, 0.3) is 10.9 Å². The van der Waals surface area contributed by atoms with Crippen LogP contribution in [0.2, 0.25) is 0 Å². The molecular weight excluding hydrogens is 379 g/mol. The van der Waals surface area contributed by atoms with Crippen molar-refractivity contribution >= 4 is 28.6 Å². The molecule has 2 aromatic rings. The van der Waals surface area contributed by atoms with Crippen LogP contribution < -0.4 is 10.9 Å². The Morgan fingerprint density at radius 3 is 2.63 bits per heavy atom. The topological polar surface area (TPSA) is 64.0 Å². The van der Waals surface area contributed by atoms with E-state index >= 15 is 0 Å². The monoisotopic (exact) mass is 399 g/mol. The Labute approximate surface area is 158 Å². The van der Waals surface area contributed by atoms with Gasteiger partial charge in [-0.25, -0.2) is 4.98 Å². The average Bonchev–Trinajstić information content (AvgIpc) is 2.65. The fourth-order valence-corrected chi connectivity index (χ4v) is 4.16. The number of amides is 1. The van der Waals surface area contributed by atoms with E-state index in [2.05, 4.69) is 4.98 Å². The molecule has 1 aromatic heterocycles. The van der Waals surface area contributed by atoms with Gasteiger partial charge >= 0.3 is 6.18 Å². The molecule has 0 bridgehead atoms. The standard InChI is InChI=1S/C18H20F3N3O2S/c19-18(20,21)11-22-15(25)10-27-17-23-14-9-5-4-8-13(14)16(26)24(17)12-6-2-1-3-7-12/h4-5,8-9,12H,1-3,6-7,10-11H2,(H,22,25). The Hall–Kier alpha value is -2.03. The molecule has 0 saturated heterocycles. The Kier molecular flexibility index (Phi) is 6.08. The third-order valence-corrected chi connectivity index (χ3v) is 5.49. The van der Waals surface area contributed by atoms with Crippen molar-refractivity contribution in [1.29, 1.82) is 0 Å². The number of aromatic nitrogens is 2. The highest BCUT2D eigenvalue weighted by molar-refractivity contribution is 7.99. The van der Waals surface area contributed by atoms with Gasteiger partial charge in [-0.15, -0.1) is 0 Å². The molecule has 0 unspecified atom stereocenters. The number of carbonyl (C=O) groups is 1. The summed E-state index contributed by atoms with van der Waals surface area (Å²) in [6.07, 6.45) is 0.405. The Bertz CT molecular complexity index is 876. The van der Waals surface area contributed by atoms with Gasteiger partial charge in [0.1, 0.15) is 6.54 Å². The summed E-state index contributed by atoms with van der Waals surface area (Å²) in [5.74, 6) is -0.969.